The Morgan fingerprint density at radius 1 is 1.33 bits per heavy atom. The molecule has 0 bridgehead atoms. The van der Waals surface area contributed by atoms with E-state index in [4.69, 9.17) is 0 Å². The maximum atomic E-state index is 12.9. The van der Waals surface area contributed by atoms with E-state index in [1.54, 1.807) is 6.92 Å². The van der Waals surface area contributed by atoms with Crippen LogP contribution in [0, 0.1) is 5.82 Å². The van der Waals surface area contributed by atoms with Gasteiger partial charge in [-0.3, -0.25) is 9.59 Å². The number of piperidine rings is 1. The molecule has 0 saturated carbocycles. The molecule has 150 valence electrons. The van der Waals surface area contributed by atoms with E-state index in [2.05, 4.69) is 10.6 Å². The molecular formula is C17H24FN3O4S2. The molecule has 1 heterocycles. The van der Waals surface area contributed by atoms with Crippen molar-refractivity contribution in [2.24, 2.45) is 0 Å². The lowest BCUT2D eigenvalue weighted by Crippen LogP contribution is -2.50. The number of amides is 2. The molecule has 0 aromatic heterocycles. The van der Waals surface area contributed by atoms with Crippen molar-refractivity contribution in [1.82, 2.24) is 9.62 Å². The highest BCUT2D eigenvalue weighted by Gasteiger charge is 2.28. The second kappa shape index (κ2) is 9.52. The molecule has 2 atom stereocenters. The Hall–Kier alpha value is -1.65. The molecule has 1 aliphatic heterocycles. The molecule has 2 unspecified atom stereocenters. The summed E-state index contributed by atoms with van der Waals surface area (Å²) < 4.78 is 37.5. The highest BCUT2D eigenvalue weighted by Crippen LogP contribution is 2.16. The third kappa shape index (κ3) is 7.11. The fourth-order valence-electron chi connectivity index (χ4n) is 2.69. The molecule has 0 radical (unpaired) electrons. The fraction of sp³-hybridized carbons (Fsp3) is 0.529. The number of halogens is 1. The van der Waals surface area contributed by atoms with Crippen LogP contribution in [0.15, 0.2) is 24.3 Å². The van der Waals surface area contributed by atoms with E-state index in [-0.39, 0.29) is 36.0 Å². The Balaban J connectivity index is 1.76. The van der Waals surface area contributed by atoms with Crippen LogP contribution in [-0.2, 0) is 19.6 Å². The molecule has 1 aliphatic rings. The lowest BCUT2D eigenvalue weighted by Gasteiger charge is -2.31. The summed E-state index contributed by atoms with van der Waals surface area (Å²) in [6, 6.07) is 5.21. The fourth-order valence-corrected chi connectivity index (χ4v) is 4.29. The van der Waals surface area contributed by atoms with Crippen LogP contribution in [-0.4, -0.2) is 60.9 Å². The number of anilines is 1. The van der Waals surface area contributed by atoms with Crippen LogP contribution in [0.25, 0.3) is 0 Å². The summed E-state index contributed by atoms with van der Waals surface area (Å²) in [6.45, 7) is 2.44. The molecule has 10 heteroatoms. The normalized spacial score (nSPS) is 19.3. The van der Waals surface area contributed by atoms with Gasteiger partial charge in [0.15, 0.2) is 0 Å². The topological polar surface area (TPSA) is 95.6 Å². The first-order valence-corrected chi connectivity index (χ1v) is 11.5. The number of nitrogens with zero attached hydrogens (tertiary/aromatic N) is 1. The first-order chi connectivity index (χ1) is 12.6. The molecule has 1 aromatic carbocycles. The predicted molar refractivity (Wildman–Crippen MR) is 105 cm³/mol. The molecule has 1 aromatic rings. The number of hydrogen-bond acceptors (Lipinski definition) is 5. The summed E-state index contributed by atoms with van der Waals surface area (Å²) in [7, 11) is -3.27. The number of benzene rings is 1. The molecule has 1 fully saturated rings. The van der Waals surface area contributed by atoms with Gasteiger partial charge in [-0.15, -0.1) is 11.8 Å². The van der Waals surface area contributed by atoms with Gasteiger partial charge in [0.05, 0.1) is 17.3 Å². The number of carbonyl (C=O) groups excluding carboxylic acids is 2. The third-order valence-corrected chi connectivity index (χ3v) is 6.57. The number of nitrogens with one attached hydrogen (secondary N) is 2. The minimum Gasteiger partial charge on any atom is -0.351 e. The zero-order chi connectivity index (χ0) is 20.0. The van der Waals surface area contributed by atoms with Crippen LogP contribution < -0.4 is 10.6 Å². The second-order valence-electron chi connectivity index (χ2n) is 6.48. The van der Waals surface area contributed by atoms with Crippen molar-refractivity contribution in [2.45, 2.75) is 31.1 Å². The monoisotopic (exact) mass is 417 g/mol. The van der Waals surface area contributed by atoms with Crippen molar-refractivity contribution in [1.29, 1.82) is 0 Å². The minimum absolute atomic E-state index is 0.0755. The lowest BCUT2D eigenvalue weighted by molar-refractivity contribution is -0.121. The summed E-state index contributed by atoms with van der Waals surface area (Å²) in [4.78, 5) is 24.2. The van der Waals surface area contributed by atoms with Gasteiger partial charge in [-0.25, -0.2) is 17.1 Å². The molecule has 1 saturated heterocycles. The summed E-state index contributed by atoms with van der Waals surface area (Å²) in [5, 5.41) is 5.04. The van der Waals surface area contributed by atoms with Crippen LogP contribution in [0.4, 0.5) is 10.1 Å². The third-order valence-electron chi connectivity index (χ3n) is 4.16. The van der Waals surface area contributed by atoms with Gasteiger partial charge >= 0.3 is 0 Å². The van der Waals surface area contributed by atoms with E-state index >= 15 is 0 Å². The van der Waals surface area contributed by atoms with Crippen molar-refractivity contribution in [2.75, 3.05) is 30.4 Å². The standard InChI is InChI=1S/C17H24FN3O4S2/c1-12(26-11-16(22)19-14-7-5-13(18)6-8-14)17(23)20-15-4-3-9-21(10-15)27(2,24)25/h5-8,12,15H,3-4,9-11H2,1-2H3,(H,19,22)(H,20,23). The number of hydrogen-bond donors (Lipinski definition) is 2. The maximum Gasteiger partial charge on any atom is 0.234 e. The van der Waals surface area contributed by atoms with Gasteiger partial charge in [0, 0.05) is 24.8 Å². The first kappa shape index (κ1) is 21.6. The van der Waals surface area contributed by atoms with Crippen molar-refractivity contribution in [3.05, 3.63) is 30.1 Å². The predicted octanol–water partition coefficient (Wildman–Crippen LogP) is 1.43. The van der Waals surface area contributed by atoms with Gasteiger partial charge in [0.25, 0.3) is 0 Å². The largest absolute Gasteiger partial charge is 0.351 e. The zero-order valence-corrected chi connectivity index (χ0v) is 16.9. The van der Waals surface area contributed by atoms with Crippen LogP contribution in [0.3, 0.4) is 0 Å². The van der Waals surface area contributed by atoms with Crippen molar-refractivity contribution >= 4 is 39.3 Å². The maximum absolute atomic E-state index is 12.9. The van der Waals surface area contributed by atoms with Gasteiger partial charge in [-0.1, -0.05) is 0 Å². The zero-order valence-electron chi connectivity index (χ0n) is 15.3. The average Bonchev–Trinajstić information content (AvgIpc) is 2.61. The summed E-state index contributed by atoms with van der Waals surface area (Å²) in [5.41, 5.74) is 0.488. The van der Waals surface area contributed by atoms with Crippen LogP contribution in [0.5, 0.6) is 0 Å². The molecule has 7 nitrogen and oxygen atoms in total. The minimum atomic E-state index is -3.27. The van der Waals surface area contributed by atoms with Crippen LogP contribution in [0.1, 0.15) is 19.8 Å². The van der Waals surface area contributed by atoms with Crippen LogP contribution >= 0.6 is 11.8 Å². The van der Waals surface area contributed by atoms with E-state index in [1.807, 2.05) is 0 Å². The first-order valence-electron chi connectivity index (χ1n) is 8.57. The number of carbonyl (C=O) groups is 2. The Kier molecular flexibility index (Phi) is 7.63. The van der Waals surface area contributed by atoms with Crippen LogP contribution in [0.2, 0.25) is 0 Å². The molecule has 2 amide bonds. The molecule has 2 rings (SSSR count). The lowest BCUT2D eigenvalue weighted by atomic mass is 10.1. The Labute approximate surface area is 163 Å². The van der Waals surface area contributed by atoms with E-state index in [1.165, 1.54) is 40.3 Å². The number of sulfonamides is 1. The highest BCUT2D eigenvalue weighted by molar-refractivity contribution is 8.01. The molecule has 27 heavy (non-hydrogen) atoms. The Bertz CT molecular complexity index is 771. The molecule has 0 aliphatic carbocycles. The van der Waals surface area contributed by atoms with Gasteiger partial charge in [-0.05, 0) is 44.0 Å². The van der Waals surface area contributed by atoms with E-state index in [9.17, 15) is 22.4 Å². The van der Waals surface area contributed by atoms with E-state index < -0.39 is 15.3 Å². The van der Waals surface area contributed by atoms with Gasteiger partial charge in [0.2, 0.25) is 21.8 Å². The average molecular weight is 418 g/mol. The number of thioether (sulfide) groups is 1. The second-order valence-corrected chi connectivity index (χ2v) is 9.79. The van der Waals surface area contributed by atoms with Gasteiger partial charge < -0.3 is 10.6 Å². The Morgan fingerprint density at radius 2 is 2.00 bits per heavy atom. The quantitative estimate of drug-likeness (QED) is 0.700. The van der Waals surface area contributed by atoms with Gasteiger partial charge in [0.1, 0.15) is 5.82 Å². The smallest absolute Gasteiger partial charge is 0.234 e. The molecular weight excluding hydrogens is 393 g/mol. The molecule has 0 spiro atoms. The van der Waals surface area contributed by atoms with Crippen molar-refractivity contribution in [3.8, 4) is 0 Å². The molecule has 2 N–H and O–H groups in total. The van der Waals surface area contributed by atoms with E-state index in [0.29, 0.717) is 18.7 Å². The number of rotatable bonds is 7. The van der Waals surface area contributed by atoms with E-state index in [0.717, 1.165) is 12.7 Å². The summed E-state index contributed by atoms with van der Waals surface area (Å²) >= 11 is 1.18. The van der Waals surface area contributed by atoms with Crippen molar-refractivity contribution in [3.63, 3.8) is 0 Å². The SMILES string of the molecule is CC(SCC(=O)Nc1ccc(F)cc1)C(=O)NC1CCCN(S(C)(=O)=O)C1. The highest BCUT2D eigenvalue weighted by atomic mass is 32.2. The summed E-state index contributed by atoms with van der Waals surface area (Å²) in [5.74, 6) is -0.821. The van der Waals surface area contributed by atoms with Crippen molar-refractivity contribution < 1.29 is 22.4 Å². The van der Waals surface area contributed by atoms with Gasteiger partial charge in [-0.2, -0.15) is 0 Å². The Morgan fingerprint density at radius 3 is 2.63 bits per heavy atom. The summed E-state index contributed by atoms with van der Waals surface area (Å²) in [6.07, 6.45) is 2.58.